The van der Waals surface area contributed by atoms with Gasteiger partial charge in [0.25, 0.3) is 0 Å². The second-order valence-corrected chi connectivity index (χ2v) is 14.4. The first-order chi connectivity index (χ1) is 19.7. The summed E-state index contributed by atoms with van der Waals surface area (Å²) < 4.78 is 5.83. The lowest BCUT2D eigenvalue weighted by atomic mass is 9.72. The van der Waals surface area contributed by atoms with Crippen LogP contribution in [0.2, 0.25) is 5.02 Å². The van der Waals surface area contributed by atoms with Gasteiger partial charge in [-0.15, -0.1) is 0 Å². The lowest BCUT2D eigenvalue weighted by molar-refractivity contribution is 0.00130. The maximum Gasteiger partial charge on any atom is 0.229 e. The predicted molar refractivity (Wildman–Crippen MR) is 175 cm³/mol. The van der Waals surface area contributed by atoms with E-state index < -0.39 is 0 Å². The Hall–Kier alpha value is -3.12. The van der Waals surface area contributed by atoms with Gasteiger partial charge in [-0.2, -0.15) is 4.98 Å². The highest BCUT2D eigenvalue weighted by Gasteiger charge is 2.43. The van der Waals surface area contributed by atoms with E-state index in [1.54, 1.807) is 13.3 Å². The lowest BCUT2D eigenvalue weighted by Crippen LogP contribution is -2.58. The molecule has 0 saturated carbocycles. The van der Waals surface area contributed by atoms with Crippen molar-refractivity contribution in [2.75, 3.05) is 69.2 Å². The number of hydrogen-bond donors (Lipinski definition) is 2. The smallest absolute Gasteiger partial charge is 0.229 e. The molecule has 0 amide bonds. The number of anilines is 5. The number of likely N-dealkylation sites (tertiary alicyclic amines) is 1. The molecular weight excluding hydrogens is 551 g/mol. The highest BCUT2D eigenvalue weighted by molar-refractivity contribution is 7.65. The van der Waals surface area contributed by atoms with Gasteiger partial charge in [-0.25, -0.2) is 4.98 Å². The van der Waals surface area contributed by atoms with Gasteiger partial charge in [-0.3, -0.25) is 0 Å². The zero-order valence-electron chi connectivity index (χ0n) is 24.5. The number of aryl methyl sites for hydroxylation is 1. The zero-order chi connectivity index (χ0) is 28.7. The molecule has 214 valence electrons. The molecule has 6 rings (SSSR count). The van der Waals surface area contributed by atoms with E-state index in [2.05, 4.69) is 101 Å². The van der Waals surface area contributed by atoms with Crippen LogP contribution in [0.15, 0.2) is 54.7 Å². The van der Waals surface area contributed by atoms with Gasteiger partial charge in [0.1, 0.15) is 10.8 Å². The molecule has 2 saturated heterocycles. The van der Waals surface area contributed by atoms with Crippen LogP contribution in [-0.4, -0.2) is 68.5 Å². The summed E-state index contributed by atoms with van der Waals surface area (Å²) in [6.07, 6.45) is 4.12. The van der Waals surface area contributed by atoms with E-state index in [9.17, 15) is 0 Å². The lowest BCUT2D eigenvalue weighted by Gasteiger charge is -2.53. The molecule has 9 heteroatoms. The van der Waals surface area contributed by atoms with Gasteiger partial charge in [0.15, 0.2) is 5.82 Å². The van der Waals surface area contributed by atoms with Crippen LogP contribution in [0.5, 0.6) is 5.75 Å². The van der Waals surface area contributed by atoms with Gasteiger partial charge >= 0.3 is 0 Å². The van der Waals surface area contributed by atoms with E-state index in [0.29, 0.717) is 22.2 Å². The van der Waals surface area contributed by atoms with E-state index in [4.69, 9.17) is 21.3 Å². The number of aromatic nitrogens is 2. The summed E-state index contributed by atoms with van der Waals surface area (Å²) in [7, 11) is 3.54. The van der Waals surface area contributed by atoms with Crippen molar-refractivity contribution in [1.82, 2.24) is 14.9 Å². The van der Waals surface area contributed by atoms with Crippen LogP contribution in [0.1, 0.15) is 18.4 Å². The van der Waals surface area contributed by atoms with Gasteiger partial charge in [0.2, 0.25) is 5.95 Å². The van der Waals surface area contributed by atoms with Crippen molar-refractivity contribution in [3.63, 3.8) is 0 Å². The van der Waals surface area contributed by atoms with E-state index in [0.717, 1.165) is 30.2 Å². The number of fused-ring (bicyclic) bond motifs is 1. The Morgan fingerprint density at radius 3 is 2.46 bits per heavy atom. The minimum Gasteiger partial charge on any atom is -0.494 e. The van der Waals surface area contributed by atoms with Gasteiger partial charge in [0, 0.05) is 48.9 Å². The summed E-state index contributed by atoms with van der Waals surface area (Å²) in [4.78, 5) is 14.2. The second-order valence-electron chi connectivity index (χ2n) is 11.7. The summed E-state index contributed by atoms with van der Waals surface area (Å²) >= 11 is 6.59. The summed E-state index contributed by atoms with van der Waals surface area (Å²) in [5.74, 6) is 1.78. The average molecular weight is 589 g/mol. The normalized spacial score (nSPS) is 16.7. The van der Waals surface area contributed by atoms with Crippen molar-refractivity contribution >= 4 is 64.4 Å². The minimum atomic E-state index is -0.381. The van der Waals surface area contributed by atoms with Gasteiger partial charge in [-0.05, 0) is 74.0 Å². The van der Waals surface area contributed by atoms with Gasteiger partial charge in [-0.1, -0.05) is 49.9 Å². The van der Waals surface area contributed by atoms with Crippen LogP contribution >= 0.6 is 19.5 Å². The number of rotatable bonds is 7. The molecule has 41 heavy (non-hydrogen) atoms. The van der Waals surface area contributed by atoms with Crippen LogP contribution in [0.4, 0.5) is 28.8 Å². The fourth-order valence-electron chi connectivity index (χ4n) is 6.52. The van der Waals surface area contributed by atoms with Crippen molar-refractivity contribution in [2.45, 2.75) is 19.8 Å². The molecular formula is C32H38ClN6OP. The average Bonchev–Trinajstić information content (AvgIpc) is 2.94. The fourth-order valence-corrected chi connectivity index (χ4v) is 7.96. The Kier molecular flexibility index (Phi) is 7.71. The molecule has 0 unspecified atom stereocenters. The number of nitrogens with one attached hydrogen (secondary N) is 2. The monoisotopic (exact) mass is 588 g/mol. The Bertz CT molecular complexity index is 1580. The third-order valence-electron chi connectivity index (χ3n) is 8.48. The summed E-state index contributed by atoms with van der Waals surface area (Å²) in [5, 5.41) is 11.1. The zero-order valence-corrected chi connectivity index (χ0v) is 26.1. The first kappa shape index (κ1) is 28.0. The van der Waals surface area contributed by atoms with E-state index in [-0.39, 0.29) is 7.92 Å². The number of methoxy groups -OCH3 is 1. The molecule has 2 aliphatic rings. The highest BCUT2D eigenvalue weighted by Crippen LogP contribution is 2.43. The van der Waals surface area contributed by atoms with Crippen molar-refractivity contribution < 1.29 is 4.74 Å². The third kappa shape index (κ3) is 5.55. The predicted octanol–water partition coefficient (Wildman–Crippen LogP) is 6.99. The molecule has 1 aromatic heterocycles. The van der Waals surface area contributed by atoms with Gasteiger partial charge < -0.3 is 25.2 Å². The standard InChI is InChI=1S/C32H38ClN6OP/c1-21-16-26(28(40-3)17-27(21)39-14-12-32(13-15-39)19-38(2)20-32)36-31-34-18-24(33)30(37-31)35-25-11-10-22-8-6-7-9-23(22)29(25)41(4)5/h6-11,16-18H,12-15,19-20H2,1-5H3,(H2,34,35,36,37). The Balaban J connectivity index is 1.24. The number of nitrogens with zero attached hydrogens (tertiary/aromatic N) is 4. The molecule has 3 aromatic carbocycles. The quantitative estimate of drug-likeness (QED) is 0.226. The SMILES string of the molecule is COc1cc(N2CCC3(CC2)CN(C)C3)c(C)cc1Nc1ncc(Cl)c(Nc2ccc3ccccc3c2P(C)C)n1. The van der Waals surface area contributed by atoms with Crippen molar-refractivity contribution in [2.24, 2.45) is 5.41 Å². The number of hydrogen-bond acceptors (Lipinski definition) is 7. The van der Waals surface area contributed by atoms with Crippen molar-refractivity contribution in [1.29, 1.82) is 0 Å². The largest absolute Gasteiger partial charge is 0.494 e. The molecule has 4 aromatic rings. The number of benzene rings is 3. The van der Waals surface area contributed by atoms with Gasteiger partial charge in [0.05, 0.1) is 19.0 Å². The minimum absolute atomic E-state index is 0.381. The first-order valence-electron chi connectivity index (χ1n) is 14.1. The third-order valence-corrected chi connectivity index (χ3v) is 10.1. The van der Waals surface area contributed by atoms with E-state index in [1.165, 1.54) is 53.3 Å². The number of halogens is 1. The van der Waals surface area contributed by atoms with Crippen LogP contribution < -0.4 is 25.6 Å². The van der Waals surface area contributed by atoms with Crippen LogP contribution in [0, 0.1) is 12.3 Å². The van der Waals surface area contributed by atoms with E-state index >= 15 is 0 Å². The van der Waals surface area contributed by atoms with E-state index in [1.807, 2.05) is 0 Å². The first-order valence-corrected chi connectivity index (χ1v) is 16.7. The van der Waals surface area contributed by atoms with Crippen LogP contribution in [0.25, 0.3) is 10.8 Å². The summed E-state index contributed by atoms with van der Waals surface area (Å²) in [5.41, 5.74) is 4.79. The number of ether oxygens (including phenoxy) is 1. The summed E-state index contributed by atoms with van der Waals surface area (Å²) in [6.45, 7) is 11.3. The van der Waals surface area contributed by atoms with Crippen molar-refractivity contribution in [3.05, 3.63) is 65.3 Å². The maximum absolute atomic E-state index is 6.59. The second kappa shape index (κ2) is 11.3. The summed E-state index contributed by atoms with van der Waals surface area (Å²) in [6, 6.07) is 17.0. The van der Waals surface area contributed by atoms with Crippen LogP contribution in [0.3, 0.4) is 0 Å². The molecule has 2 N–H and O–H groups in total. The Morgan fingerprint density at radius 2 is 1.76 bits per heavy atom. The molecule has 0 radical (unpaired) electrons. The molecule has 2 fully saturated rings. The Morgan fingerprint density at radius 1 is 1.00 bits per heavy atom. The maximum atomic E-state index is 6.59. The molecule has 2 aliphatic heterocycles. The fraction of sp³-hybridized carbons (Fsp3) is 0.375. The molecule has 3 heterocycles. The molecule has 7 nitrogen and oxygen atoms in total. The highest BCUT2D eigenvalue weighted by atomic mass is 35.5. The number of piperidine rings is 1. The van der Waals surface area contributed by atoms with Crippen molar-refractivity contribution in [3.8, 4) is 5.75 Å². The molecule has 0 atom stereocenters. The Labute approximate surface area is 249 Å². The topological polar surface area (TPSA) is 65.6 Å². The molecule has 0 aliphatic carbocycles. The molecule has 1 spiro atoms. The van der Waals surface area contributed by atoms with Crippen LogP contribution in [-0.2, 0) is 0 Å². The molecule has 0 bridgehead atoms.